The molecule has 7 heteroatoms. The predicted octanol–water partition coefficient (Wildman–Crippen LogP) is 3.67. The van der Waals surface area contributed by atoms with Crippen LogP contribution in [0.15, 0.2) is 47.0 Å². The van der Waals surface area contributed by atoms with Gasteiger partial charge in [0.25, 0.3) is 0 Å². The molecule has 0 spiro atoms. The van der Waals surface area contributed by atoms with Crippen molar-refractivity contribution in [2.45, 2.75) is 0 Å². The van der Waals surface area contributed by atoms with Crippen molar-refractivity contribution in [1.82, 2.24) is 15.3 Å². The Morgan fingerprint density at radius 3 is 2.74 bits per heavy atom. The highest BCUT2D eigenvalue weighted by Crippen LogP contribution is 2.35. The molecule has 114 valence electrons. The molecule has 3 rings (SSSR count). The van der Waals surface area contributed by atoms with E-state index < -0.39 is 0 Å². The summed E-state index contributed by atoms with van der Waals surface area (Å²) in [5.41, 5.74) is 2.85. The van der Waals surface area contributed by atoms with Gasteiger partial charge in [-0.3, -0.25) is 0 Å². The zero-order valence-corrected chi connectivity index (χ0v) is 13.6. The lowest BCUT2D eigenvalue weighted by molar-refractivity contribution is 0.415. The van der Waals surface area contributed by atoms with Crippen molar-refractivity contribution in [1.29, 1.82) is 5.26 Å². The van der Waals surface area contributed by atoms with E-state index in [4.69, 9.17) is 16.3 Å². The molecule has 0 saturated heterocycles. The summed E-state index contributed by atoms with van der Waals surface area (Å²) >= 11 is 7.24. The van der Waals surface area contributed by atoms with E-state index in [9.17, 15) is 5.26 Å². The van der Waals surface area contributed by atoms with Gasteiger partial charge in [-0.15, -0.1) is 0 Å². The number of nitrogens with zero attached hydrogens (tertiary/aromatic N) is 3. The molecule has 1 aromatic heterocycles. The van der Waals surface area contributed by atoms with Crippen molar-refractivity contribution in [2.24, 2.45) is 0 Å². The summed E-state index contributed by atoms with van der Waals surface area (Å²) in [5, 5.41) is 15.5. The highest BCUT2D eigenvalue weighted by Gasteiger charge is 2.18. The van der Waals surface area contributed by atoms with Crippen LogP contribution in [0.1, 0.15) is 11.3 Å². The first-order chi connectivity index (χ1) is 11.2. The second-order valence-electron chi connectivity index (χ2n) is 4.53. The van der Waals surface area contributed by atoms with Crippen LogP contribution in [0.3, 0.4) is 0 Å². The third-order valence-electron chi connectivity index (χ3n) is 3.17. The Morgan fingerprint density at radius 1 is 1.30 bits per heavy atom. The predicted molar refractivity (Wildman–Crippen MR) is 91.3 cm³/mol. The molecule has 23 heavy (non-hydrogen) atoms. The maximum atomic E-state index is 9.45. The van der Waals surface area contributed by atoms with E-state index in [-0.39, 0.29) is 5.28 Å². The SMILES string of the molecule is COc1ccc(C2=CS/C(=C(/C#N)c3ccnc(Cl)n3)N2)cc1. The molecule has 2 heterocycles. The van der Waals surface area contributed by atoms with Crippen LogP contribution < -0.4 is 10.1 Å². The third-order valence-corrected chi connectivity index (χ3v) is 4.24. The zero-order chi connectivity index (χ0) is 16.2. The van der Waals surface area contributed by atoms with Gasteiger partial charge in [-0.1, -0.05) is 11.8 Å². The number of ether oxygens (including phenoxy) is 1. The van der Waals surface area contributed by atoms with Crippen molar-refractivity contribution in [3.8, 4) is 11.8 Å². The Bertz CT molecular complexity index is 840. The number of nitriles is 1. The number of halogens is 1. The van der Waals surface area contributed by atoms with Crippen LogP contribution >= 0.6 is 23.4 Å². The fourth-order valence-electron chi connectivity index (χ4n) is 2.03. The van der Waals surface area contributed by atoms with Gasteiger partial charge in [-0.25, -0.2) is 9.97 Å². The summed E-state index contributed by atoms with van der Waals surface area (Å²) in [5.74, 6) is 0.795. The lowest BCUT2D eigenvalue weighted by Crippen LogP contribution is -2.07. The number of rotatable bonds is 3. The number of nitrogens with one attached hydrogen (secondary N) is 1. The highest BCUT2D eigenvalue weighted by atomic mass is 35.5. The van der Waals surface area contributed by atoms with E-state index in [1.807, 2.05) is 29.7 Å². The van der Waals surface area contributed by atoms with E-state index in [1.54, 1.807) is 13.2 Å². The molecule has 0 unspecified atom stereocenters. The number of benzene rings is 1. The minimum Gasteiger partial charge on any atom is -0.497 e. The number of methoxy groups -OCH3 is 1. The molecule has 1 aromatic carbocycles. The van der Waals surface area contributed by atoms with E-state index in [2.05, 4.69) is 21.4 Å². The molecule has 0 aliphatic carbocycles. The first-order valence-corrected chi connectivity index (χ1v) is 7.88. The quantitative estimate of drug-likeness (QED) is 0.678. The van der Waals surface area contributed by atoms with Gasteiger partial charge >= 0.3 is 0 Å². The molecular formula is C16H11ClN4OS. The van der Waals surface area contributed by atoms with Gasteiger partial charge in [0.1, 0.15) is 17.4 Å². The Hall–Kier alpha value is -2.49. The van der Waals surface area contributed by atoms with Crippen molar-refractivity contribution in [2.75, 3.05) is 7.11 Å². The van der Waals surface area contributed by atoms with Gasteiger partial charge in [0.15, 0.2) is 0 Å². The van der Waals surface area contributed by atoms with Crippen molar-refractivity contribution in [3.63, 3.8) is 0 Å². The Balaban J connectivity index is 1.87. The van der Waals surface area contributed by atoms with E-state index in [1.165, 1.54) is 18.0 Å². The summed E-state index contributed by atoms with van der Waals surface area (Å²) in [7, 11) is 1.63. The van der Waals surface area contributed by atoms with Crippen LogP contribution in [-0.4, -0.2) is 17.1 Å². The van der Waals surface area contributed by atoms with Crippen molar-refractivity contribution < 1.29 is 4.74 Å². The summed E-state index contributed by atoms with van der Waals surface area (Å²) in [4.78, 5) is 7.92. The van der Waals surface area contributed by atoms with Gasteiger partial charge in [0.05, 0.1) is 23.5 Å². The molecule has 2 aromatic rings. The molecule has 0 amide bonds. The van der Waals surface area contributed by atoms with Crippen LogP contribution in [0.2, 0.25) is 5.28 Å². The lowest BCUT2D eigenvalue weighted by Gasteiger charge is -2.08. The molecule has 0 atom stereocenters. The van der Waals surface area contributed by atoms with Gasteiger partial charge < -0.3 is 10.1 Å². The van der Waals surface area contributed by atoms with Crippen molar-refractivity contribution in [3.05, 3.63) is 63.5 Å². The Kier molecular flexibility index (Phi) is 4.51. The molecule has 1 aliphatic heterocycles. The largest absolute Gasteiger partial charge is 0.497 e. The van der Waals surface area contributed by atoms with Crippen LogP contribution in [0.5, 0.6) is 5.75 Å². The fourth-order valence-corrected chi connectivity index (χ4v) is 3.04. The standard InChI is InChI=1S/C16H11ClN4OS/c1-22-11-4-2-10(3-5-11)14-9-23-15(20-14)12(8-18)13-6-7-19-16(17)21-13/h2-7,9,20H,1H3/b15-12-. The maximum absolute atomic E-state index is 9.45. The molecule has 1 aliphatic rings. The van der Waals surface area contributed by atoms with Crippen molar-refractivity contribution >= 4 is 34.6 Å². The Labute approximate surface area is 142 Å². The molecule has 5 nitrogen and oxygen atoms in total. The smallest absolute Gasteiger partial charge is 0.222 e. The average Bonchev–Trinajstić information content (AvgIpc) is 3.05. The minimum atomic E-state index is 0.113. The summed E-state index contributed by atoms with van der Waals surface area (Å²) in [6, 6.07) is 11.5. The second kappa shape index (κ2) is 6.73. The molecular weight excluding hydrogens is 332 g/mol. The third kappa shape index (κ3) is 3.31. The monoisotopic (exact) mass is 342 g/mol. The number of hydrogen-bond donors (Lipinski definition) is 1. The van der Waals surface area contributed by atoms with Crippen LogP contribution in [-0.2, 0) is 0 Å². The second-order valence-corrected chi connectivity index (χ2v) is 5.75. The normalized spacial score (nSPS) is 15.4. The van der Waals surface area contributed by atoms with Crippen LogP contribution in [0, 0.1) is 11.3 Å². The van der Waals surface area contributed by atoms with Gasteiger partial charge in [0.2, 0.25) is 5.28 Å². The average molecular weight is 343 g/mol. The van der Waals surface area contributed by atoms with E-state index in [0.717, 1.165) is 17.0 Å². The first-order valence-electron chi connectivity index (χ1n) is 6.63. The van der Waals surface area contributed by atoms with E-state index in [0.29, 0.717) is 16.3 Å². The molecule has 1 N–H and O–H groups in total. The number of hydrogen-bond acceptors (Lipinski definition) is 6. The Morgan fingerprint density at radius 2 is 2.09 bits per heavy atom. The number of thioether (sulfide) groups is 1. The van der Waals surface area contributed by atoms with Crippen LogP contribution in [0.25, 0.3) is 11.3 Å². The number of allylic oxidation sites excluding steroid dienone is 1. The maximum Gasteiger partial charge on any atom is 0.222 e. The molecule has 0 saturated carbocycles. The molecule has 0 bridgehead atoms. The number of aromatic nitrogens is 2. The fraction of sp³-hybridized carbons (Fsp3) is 0.0625. The summed E-state index contributed by atoms with van der Waals surface area (Å²) < 4.78 is 5.15. The zero-order valence-electron chi connectivity index (χ0n) is 12.1. The summed E-state index contributed by atoms with van der Waals surface area (Å²) in [6.07, 6.45) is 1.53. The van der Waals surface area contributed by atoms with Crippen LogP contribution in [0.4, 0.5) is 0 Å². The van der Waals surface area contributed by atoms with Gasteiger partial charge in [-0.05, 0) is 47.5 Å². The molecule has 0 fully saturated rings. The highest BCUT2D eigenvalue weighted by molar-refractivity contribution is 8.06. The van der Waals surface area contributed by atoms with E-state index >= 15 is 0 Å². The lowest BCUT2D eigenvalue weighted by atomic mass is 10.1. The van der Waals surface area contributed by atoms with Gasteiger partial charge in [-0.2, -0.15) is 5.26 Å². The summed E-state index contributed by atoms with van der Waals surface area (Å²) in [6.45, 7) is 0. The molecule has 0 radical (unpaired) electrons. The van der Waals surface area contributed by atoms with Gasteiger partial charge in [0, 0.05) is 11.6 Å². The minimum absolute atomic E-state index is 0.113. The topological polar surface area (TPSA) is 70.8 Å². The first kappa shape index (κ1) is 15.4.